The molecule has 2 aromatic carbocycles. The molecule has 0 aromatic heterocycles. The lowest BCUT2D eigenvalue weighted by atomic mass is 10.0. The van der Waals surface area contributed by atoms with Gasteiger partial charge in [0.2, 0.25) is 0 Å². The van der Waals surface area contributed by atoms with Crippen LogP contribution in [0.3, 0.4) is 0 Å². The summed E-state index contributed by atoms with van der Waals surface area (Å²) in [5.74, 6) is -0.308. The van der Waals surface area contributed by atoms with E-state index >= 15 is 0 Å². The van der Waals surface area contributed by atoms with Crippen molar-refractivity contribution in [3.05, 3.63) is 71.8 Å². The van der Waals surface area contributed by atoms with Crippen LogP contribution in [0.5, 0.6) is 0 Å². The Morgan fingerprint density at radius 1 is 0.950 bits per heavy atom. The smallest absolute Gasteiger partial charge is 0.318 e. The van der Waals surface area contributed by atoms with Gasteiger partial charge in [0.15, 0.2) is 0 Å². The second kappa shape index (κ2) is 7.24. The first-order valence-corrected chi connectivity index (χ1v) is 6.70. The third-order valence-electron chi connectivity index (χ3n) is 2.79. The van der Waals surface area contributed by atoms with Gasteiger partial charge in [0.25, 0.3) is 0 Å². The Balaban J connectivity index is 2.30. The third-order valence-corrected chi connectivity index (χ3v) is 2.79. The monoisotopic (exact) mass is 267 g/mol. The molecule has 0 heterocycles. The molecule has 0 amide bonds. The van der Waals surface area contributed by atoms with Crippen LogP contribution in [0.15, 0.2) is 65.8 Å². The number of carbonyl (C=O) groups is 1. The Bertz CT molecular complexity index is 535. The van der Waals surface area contributed by atoms with E-state index in [0.717, 1.165) is 17.5 Å². The number of hydrogen-bond donors (Lipinski definition) is 0. The summed E-state index contributed by atoms with van der Waals surface area (Å²) in [6, 6.07) is 19.4. The van der Waals surface area contributed by atoms with E-state index in [0.29, 0.717) is 12.1 Å². The first-order valence-electron chi connectivity index (χ1n) is 6.70. The van der Waals surface area contributed by atoms with Crippen LogP contribution >= 0.6 is 0 Å². The first kappa shape index (κ1) is 14.0. The van der Waals surface area contributed by atoms with Crippen molar-refractivity contribution in [1.82, 2.24) is 0 Å². The average molecular weight is 267 g/mol. The first-order chi connectivity index (χ1) is 9.81. The van der Waals surface area contributed by atoms with Crippen molar-refractivity contribution < 1.29 is 9.63 Å². The minimum atomic E-state index is -0.308. The van der Waals surface area contributed by atoms with Crippen LogP contribution in [0.2, 0.25) is 0 Å². The molecule has 0 saturated heterocycles. The number of nitrogens with zero attached hydrogens (tertiary/aromatic N) is 1. The fraction of sp³-hybridized carbons (Fsp3) is 0.176. The van der Waals surface area contributed by atoms with Crippen LogP contribution in [-0.2, 0) is 9.63 Å². The molecule has 0 aliphatic carbocycles. The molecule has 0 radical (unpaired) electrons. The lowest BCUT2D eigenvalue weighted by Crippen LogP contribution is -2.07. The lowest BCUT2D eigenvalue weighted by Gasteiger charge is -2.06. The maximum Gasteiger partial charge on any atom is 0.335 e. The van der Waals surface area contributed by atoms with Crippen LogP contribution in [0.25, 0.3) is 0 Å². The van der Waals surface area contributed by atoms with Crippen molar-refractivity contribution in [2.45, 2.75) is 19.8 Å². The zero-order chi connectivity index (χ0) is 14.2. The molecule has 0 aliphatic heterocycles. The minimum Gasteiger partial charge on any atom is -0.318 e. The van der Waals surface area contributed by atoms with Gasteiger partial charge in [0, 0.05) is 17.5 Å². The van der Waals surface area contributed by atoms with Crippen LogP contribution in [-0.4, -0.2) is 11.7 Å². The number of rotatable bonds is 5. The molecule has 3 nitrogen and oxygen atoms in total. The number of benzene rings is 2. The van der Waals surface area contributed by atoms with Crippen molar-refractivity contribution in [2.75, 3.05) is 0 Å². The third kappa shape index (κ3) is 3.79. The minimum absolute atomic E-state index is 0.308. The predicted molar refractivity (Wildman–Crippen MR) is 79.5 cm³/mol. The van der Waals surface area contributed by atoms with E-state index in [4.69, 9.17) is 4.84 Å². The molecule has 0 aliphatic rings. The summed E-state index contributed by atoms with van der Waals surface area (Å²) < 4.78 is 0. The molecule has 0 bridgehead atoms. The standard InChI is InChI=1S/C17H17NO2/c1-2-9-16(19)20-18-17(14-10-5-3-6-11-14)15-12-7-4-8-13-15/h3-8,10-13H,2,9H2,1H3. The van der Waals surface area contributed by atoms with Gasteiger partial charge in [0.1, 0.15) is 5.71 Å². The van der Waals surface area contributed by atoms with Gasteiger partial charge in [-0.1, -0.05) is 72.7 Å². The fourth-order valence-electron chi connectivity index (χ4n) is 1.81. The normalized spacial score (nSPS) is 9.85. The quantitative estimate of drug-likeness (QED) is 0.470. The molecule has 0 atom stereocenters. The van der Waals surface area contributed by atoms with Crippen LogP contribution in [0.1, 0.15) is 30.9 Å². The van der Waals surface area contributed by atoms with Crippen molar-refractivity contribution in [2.24, 2.45) is 5.16 Å². The van der Waals surface area contributed by atoms with Gasteiger partial charge in [-0.15, -0.1) is 0 Å². The van der Waals surface area contributed by atoms with Crippen molar-refractivity contribution in [1.29, 1.82) is 0 Å². The van der Waals surface area contributed by atoms with E-state index < -0.39 is 0 Å². The number of oxime groups is 1. The lowest BCUT2D eigenvalue weighted by molar-refractivity contribution is -0.143. The molecule has 20 heavy (non-hydrogen) atoms. The fourth-order valence-corrected chi connectivity index (χ4v) is 1.81. The van der Waals surface area contributed by atoms with Crippen LogP contribution in [0, 0.1) is 0 Å². The van der Waals surface area contributed by atoms with E-state index in [2.05, 4.69) is 5.16 Å². The van der Waals surface area contributed by atoms with E-state index in [1.807, 2.05) is 67.6 Å². The Morgan fingerprint density at radius 2 is 1.45 bits per heavy atom. The summed E-state index contributed by atoms with van der Waals surface area (Å²) in [5.41, 5.74) is 2.50. The Hall–Kier alpha value is -2.42. The zero-order valence-electron chi connectivity index (χ0n) is 11.5. The van der Waals surface area contributed by atoms with Crippen LogP contribution < -0.4 is 0 Å². The summed E-state index contributed by atoms with van der Waals surface area (Å²) >= 11 is 0. The van der Waals surface area contributed by atoms with E-state index in [9.17, 15) is 4.79 Å². The summed E-state index contributed by atoms with van der Waals surface area (Å²) in [7, 11) is 0. The van der Waals surface area contributed by atoms with E-state index in [1.165, 1.54) is 0 Å². The summed E-state index contributed by atoms with van der Waals surface area (Å²) in [5, 5.41) is 4.05. The van der Waals surface area contributed by atoms with Gasteiger partial charge in [-0.05, 0) is 6.42 Å². The molecular weight excluding hydrogens is 250 g/mol. The number of carbonyl (C=O) groups excluding carboxylic acids is 1. The van der Waals surface area contributed by atoms with Crippen LogP contribution in [0.4, 0.5) is 0 Å². The molecule has 2 rings (SSSR count). The summed E-state index contributed by atoms with van der Waals surface area (Å²) in [4.78, 5) is 16.5. The Labute approximate surface area is 118 Å². The van der Waals surface area contributed by atoms with Gasteiger partial charge in [-0.3, -0.25) is 0 Å². The summed E-state index contributed by atoms with van der Waals surface area (Å²) in [6.45, 7) is 1.93. The molecular formula is C17H17NO2. The van der Waals surface area contributed by atoms with E-state index in [-0.39, 0.29) is 5.97 Å². The van der Waals surface area contributed by atoms with Gasteiger partial charge < -0.3 is 4.84 Å². The maximum atomic E-state index is 11.5. The number of hydrogen-bond acceptors (Lipinski definition) is 3. The van der Waals surface area contributed by atoms with Crippen molar-refractivity contribution >= 4 is 11.7 Å². The topological polar surface area (TPSA) is 38.7 Å². The van der Waals surface area contributed by atoms with E-state index in [1.54, 1.807) is 0 Å². The van der Waals surface area contributed by atoms with Crippen molar-refractivity contribution in [3.8, 4) is 0 Å². The molecule has 2 aromatic rings. The average Bonchev–Trinajstić information content (AvgIpc) is 2.50. The molecule has 0 N–H and O–H groups in total. The predicted octanol–water partition coefficient (Wildman–Crippen LogP) is 3.78. The SMILES string of the molecule is CCCC(=O)ON=C(c1ccccc1)c1ccccc1. The highest BCUT2D eigenvalue weighted by molar-refractivity contribution is 6.12. The highest BCUT2D eigenvalue weighted by Gasteiger charge is 2.08. The van der Waals surface area contributed by atoms with Gasteiger partial charge in [-0.25, -0.2) is 4.79 Å². The molecule has 0 spiro atoms. The molecule has 0 saturated carbocycles. The largest absolute Gasteiger partial charge is 0.335 e. The Kier molecular flexibility index (Phi) is 5.07. The van der Waals surface area contributed by atoms with Gasteiger partial charge in [0.05, 0.1) is 0 Å². The molecule has 0 unspecified atom stereocenters. The zero-order valence-corrected chi connectivity index (χ0v) is 11.5. The maximum absolute atomic E-state index is 11.5. The molecule has 3 heteroatoms. The highest BCUT2D eigenvalue weighted by Crippen LogP contribution is 2.11. The Morgan fingerprint density at radius 3 is 1.90 bits per heavy atom. The molecule has 102 valence electrons. The highest BCUT2D eigenvalue weighted by atomic mass is 16.7. The van der Waals surface area contributed by atoms with Gasteiger partial charge >= 0.3 is 5.97 Å². The van der Waals surface area contributed by atoms with Crippen molar-refractivity contribution in [3.63, 3.8) is 0 Å². The summed E-state index contributed by atoms with van der Waals surface area (Å²) in [6.07, 6.45) is 1.13. The van der Waals surface area contributed by atoms with Gasteiger partial charge in [-0.2, -0.15) is 0 Å². The molecule has 0 fully saturated rings. The second-order valence-electron chi connectivity index (χ2n) is 4.39. The second-order valence-corrected chi connectivity index (χ2v) is 4.39.